The van der Waals surface area contributed by atoms with Crippen molar-refractivity contribution in [3.8, 4) is 0 Å². The van der Waals surface area contributed by atoms with E-state index in [-0.39, 0.29) is 29.8 Å². The van der Waals surface area contributed by atoms with E-state index >= 15 is 0 Å². The van der Waals surface area contributed by atoms with Gasteiger partial charge in [-0.3, -0.25) is 14.5 Å². The van der Waals surface area contributed by atoms with E-state index in [1.165, 1.54) is 4.90 Å². The van der Waals surface area contributed by atoms with E-state index in [0.717, 1.165) is 19.3 Å². The summed E-state index contributed by atoms with van der Waals surface area (Å²) in [7, 11) is 0. The summed E-state index contributed by atoms with van der Waals surface area (Å²) >= 11 is 0. The summed E-state index contributed by atoms with van der Waals surface area (Å²) in [6.45, 7) is 4.53. The summed E-state index contributed by atoms with van der Waals surface area (Å²) in [5.41, 5.74) is 0. The van der Waals surface area contributed by atoms with Gasteiger partial charge >= 0.3 is 0 Å². The summed E-state index contributed by atoms with van der Waals surface area (Å²) in [6, 6.07) is 0. The highest BCUT2D eigenvalue weighted by molar-refractivity contribution is 6.05. The minimum atomic E-state index is -0.308. The fourth-order valence-electron chi connectivity index (χ4n) is 3.26. The fourth-order valence-corrected chi connectivity index (χ4v) is 3.26. The summed E-state index contributed by atoms with van der Waals surface area (Å²) in [5.74, 6) is 0.449. The lowest BCUT2D eigenvalue weighted by atomic mass is 10.00. The Morgan fingerprint density at radius 2 is 1.83 bits per heavy atom. The van der Waals surface area contributed by atoms with Crippen molar-refractivity contribution in [2.75, 3.05) is 6.54 Å². The summed E-state index contributed by atoms with van der Waals surface area (Å²) in [5, 5.41) is 9.47. The van der Waals surface area contributed by atoms with Crippen molar-refractivity contribution >= 4 is 11.8 Å². The van der Waals surface area contributed by atoms with Crippen LogP contribution in [-0.2, 0) is 9.59 Å². The van der Waals surface area contributed by atoms with Gasteiger partial charge in [-0.2, -0.15) is 0 Å². The summed E-state index contributed by atoms with van der Waals surface area (Å²) in [4.78, 5) is 25.7. The van der Waals surface area contributed by atoms with Gasteiger partial charge in [0.1, 0.15) is 0 Å². The molecule has 3 unspecified atom stereocenters. The number of imide groups is 1. The topological polar surface area (TPSA) is 57.6 Å². The van der Waals surface area contributed by atoms with Crippen LogP contribution in [0.15, 0.2) is 0 Å². The van der Waals surface area contributed by atoms with Gasteiger partial charge < -0.3 is 5.11 Å². The molecule has 3 atom stereocenters. The number of carbonyl (C=O) groups excluding carboxylic acids is 2. The van der Waals surface area contributed by atoms with Crippen LogP contribution in [0.1, 0.15) is 46.0 Å². The maximum atomic E-state index is 12.1. The van der Waals surface area contributed by atoms with E-state index in [0.29, 0.717) is 25.3 Å². The first-order chi connectivity index (χ1) is 8.54. The summed E-state index contributed by atoms with van der Waals surface area (Å²) in [6.07, 6.45) is 3.52. The molecule has 2 rings (SSSR count). The molecule has 1 aliphatic carbocycles. The van der Waals surface area contributed by atoms with Crippen LogP contribution in [-0.4, -0.2) is 34.5 Å². The maximum Gasteiger partial charge on any atom is 0.233 e. The molecular weight excluding hydrogens is 230 g/mol. The van der Waals surface area contributed by atoms with Crippen LogP contribution < -0.4 is 0 Å². The molecule has 0 bridgehead atoms. The number of aliphatic hydroxyl groups excluding tert-OH is 1. The van der Waals surface area contributed by atoms with Gasteiger partial charge in [0, 0.05) is 6.54 Å². The molecule has 2 amide bonds. The van der Waals surface area contributed by atoms with Crippen molar-refractivity contribution in [1.82, 2.24) is 4.90 Å². The zero-order valence-corrected chi connectivity index (χ0v) is 11.3. The minimum absolute atomic E-state index is 0.0281. The number of carbonyl (C=O) groups is 2. The van der Waals surface area contributed by atoms with Crippen molar-refractivity contribution in [3.05, 3.63) is 0 Å². The Hall–Kier alpha value is -0.900. The Morgan fingerprint density at radius 3 is 2.33 bits per heavy atom. The van der Waals surface area contributed by atoms with Crippen LogP contribution in [0, 0.1) is 17.8 Å². The fraction of sp³-hybridized carbons (Fsp3) is 0.857. The van der Waals surface area contributed by atoms with Crippen LogP contribution in [0.25, 0.3) is 0 Å². The number of rotatable bonds is 5. The van der Waals surface area contributed by atoms with Crippen LogP contribution >= 0.6 is 0 Å². The molecule has 1 saturated carbocycles. The monoisotopic (exact) mass is 253 g/mol. The predicted octanol–water partition coefficient (Wildman–Crippen LogP) is 1.57. The van der Waals surface area contributed by atoms with Gasteiger partial charge in [-0.1, -0.05) is 13.8 Å². The van der Waals surface area contributed by atoms with Gasteiger partial charge in [0.15, 0.2) is 0 Å². The minimum Gasteiger partial charge on any atom is -0.393 e. The number of likely N-dealkylation sites (tertiary alicyclic amines) is 1. The number of fused-ring (bicyclic) bond motifs is 1. The van der Waals surface area contributed by atoms with Crippen molar-refractivity contribution in [3.63, 3.8) is 0 Å². The third-order valence-corrected chi connectivity index (χ3v) is 4.36. The van der Waals surface area contributed by atoms with E-state index in [2.05, 4.69) is 6.92 Å². The molecule has 0 aromatic heterocycles. The lowest BCUT2D eigenvalue weighted by Crippen LogP contribution is -2.33. The normalized spacial score (nSPS) is 33.1. The molecule has 4 nitrogen and oxygen atoms in total. The van der Waals surface area contributed by atoms with Crippen LogP contribution in [0.5, 0.6) is 0 Å². The van der Waals surface area contributed by atoms with Crippen molar-refractivity contribution in [2.45, 2.75) is 52.1 Å². The third-order valence-electron chi connectivity index (χ3n) is 4.36. The third kappa shape index (κ3) is 2.44. The Labute approximate surface area is 108 Å². The first kappa shape index (κ1) is 13.5. The van der Waals surface area contributed by atoms with Crippen LogP contribution in [0.3, 0.4) is 0 Å². The second-order valence-corrected chi connectivity index (χ2v) is 5.82. The first-order valence-electron chi connectivity index (χ1n) is 7.07. The van der Waals surface area contributed by atoms with Gasteiger partial charge in [-0.05, 0) is 38.0 Å². The van der Waals surface area contributed by atoms with Gasteiger partial charge in [-0.15, -0.1) is 0 Å². The molecule has 2 fully saturated rings. The van der Waals surface area contributed by atoms with E-state index < -0.39 is 0 Å². The lowest BCUT2D eigenvalue weighted by Gasteiger charge is -2.17. The second-order valence-electron chi connectivity index (χ2n) is 5.82. The van der Waals surface area contributed by atoms with E-state index in [9.17, 15) is 14.7 Å². The molecule has 1 aliphatic heterocycles. The first-order valence-corrected chi connectivity index (χ1v) is 7.07. The molecular formula is C14H23NO3. The molecule has 0 aromatic rings. The van der Waals surface area contributed by atoms with Crippen molar-refractivity contribution in [1.29, 1.82) is 0 Å². The Balaban J connectivity index is 1.88. The second kappa shape index (κ2) is 5.39. The van der Waals surface area contributed by atoms with Crippen molar-refractivity contribution in [2.24, 2.45) is 17.8 Å². The zero-order chi connectivity index (χ0) is 13.3. The zero-order valence-electron chi connectivity index (χ0n) is 11.3. The Kier molecular flexibility index (Phi) is 4.05. The average molecular weight is 253 g/mol. The molecule has 4 heteroatoms. The average Bonchev–Trinajstić information content (AvgIpc) is 2.82. The molecule has 1 saturated heterocycles. The smallest absolute Gasteiger partial charge is 0.233 e. The highest BCUT2D eigenvalue weighted by Crippen LogP contribution is 2.42. The highest BCUT2D eigenvalue weighted by Gasteiger charge is 2.51. The van der Waals surface area contributed by atoms with Gasteiger partial charge in [0.25, 0.3) is 0 Å². The molecule has 1 N–H and O–H groups in total. The number of hydrogen-bond donors (Lipinski definition) is 1. The number of nitrogens with zero attached hydrogens (tertiary/aromatic N) is 1. The van der Waals surface area contributed by atoms with Gasteiger partial charge in [0.05, 0.1) is 17.9 Å². The molecule has 2 aliphatic rings. The SMILES string of the molecule is CCC(O)CCCN1C(=O)C2CC(C)CC2C1=O. The molecule has 1 heterocycles. The number of amides is 2. The van der Waals surface area contributed by atoms with E-state index in [1.54, 1.807) is 0 Å². The highest BCUT2D eigenvalue weighted by atomic mass is 16.3. The van der Waals surface area contributed by atoms with Gasteiger partial charge in [0.2, 0.25) is 11.8 Å². The largest absolute Gasteiger partial charge is 0.393 e. The molecule has 0 spiro atoms. The lowest BCUT2D eigenvalue weighted by molar-refractivity contribution is -0.140. The Morgan fingerprint density at radius 1 is 1.28 bits per heavy atom. The van der Waals surface area contributed by atoms with Crippen LogP contribution in [0.4, 0.5) is 0 Å². The van der Waals surface area contributed by atoms with Crippen molar-refractivity contribution < 1.29 is 14.7 Å². The quantitative estimate of drug-likeness (QED) is 0.757. The van der Waals surface area contributed by atoms with Crippen LogP contribution in [0.2, 0.25) is 0 Å². The number of aliphatic hydroxyl groups is 1. The molecule has 0 radical (unpaired) electrons. The van der Waals surface area contributed by atoms with Gasteiger partial charge in [-0.25, -0.2) is 0 Å². The molecule has 0 aromatic carbocycles. The molecule has 102 valence electrons. The molecule has 18 heavy (non-hydrogen) atoms. The van der Waals surface area contributed by atoms with E-state index in [4.69, 9.17) is 0 Å². The number of hydrogen-bond acceptors (Lipinski definition) is 3. The standard InChI is InChI=1S/C14H23NO3/c1-3-10(16)5-4-6-15-13(17)11-7-9(2)8-12(11)14(15)18/h9-12,16H,3-8H2,1-2H3. The predicted molar refractivity (Wildman–Crippen MR) is 67.6 cm³/mol. The maximum absolute atomic E-state index is 12.1. The van der Waals surface area contributed by atoms with E-state index in [1.807, 2.05) is 6.92 Å². The summed E-state index contributed by atoms with van der Waals surface area (Å²) < 4.78 is 0. The Bertz CT molecular complexity index is 318.